The Bertz CT molecular complexity index is 327. The lowest BCUT2D eigenvalue weighted by Crippen LogP contribution is -2.37. The summed E-state index contributed by atoms with van der Waals surface area (Å²) in [5, 5.41) is 0. The van der Waals surface area contributed by atoms with Crippen molar-refractivity contribution in [2.75, 3.05) is 13.0 Å². The van der Waals surface area contributed by atoms with E-state index in [4.69, 9.17) is 4.74 Å². The molecule has 19 heavy (non-hydrogen) atoms. The van der Waals surface area contributed by atoms with Crippen molar-refractivity contribution in [2.24, 2.45) is 41.4 Å². The second kappa shape index (κ2) is 6.12. The zero-order valence-corrected chi connectivity index (χ0v) is 14.0. The highest BCUT2D eigenvalue weighted by atomic mass is 31.1. The van der Waals surface area contributed by atoms with Gasteiger partial charge in [0, 0.05) is 0 Å². The van der Waals surface area contributed by atoms with Gasteiger partial charge < -0.3 is 4.74 Å². The molecule has 2 rings (SSSR count). The smallest absolute Gasteiger partial charge is 0.309 e. The van der Waals surface area contributed by atoms with Crippen LogP contribution < -0.4 is 0 Å². The van der Waals surface area contributed by atoms with Crippen molar-refractivity contribution in [2.45, 2.75) is 40.5 Å². The van der Waals surface area contributed by atoms with Crippen LogP contribution in [-0.4, -0.2) is 19.0 Å². The van der Waals surface area contributed by atoms with Gasteiger partial charge in [0.05, 0.1) is 5.92 Å². The highest BCUT2D eigenvalue weighted by Gasteiger charge is 2.56. The number of rotatable bonds is 5. The SMILES string of the molecule is CPCOC(=O)C1CC2CC1C(C(C)C)C2C(C)C. The van der Waals surface area contributed by atoms with Gasteiger partial charge in [-0.1, -0.05) is 36.3 Å². The average molecular weight is 284 g/mol. The fourth-order valence-corrected chi connectivity index (χ4v) is 5.19. The van der Waals surface area contributed by atoms with Gasteiger partial charge in [-0.15, -0.1) is 0 Å². The highest BCUT2D eigenvalue weighted by Crippen LogP contribution is 2.59. The van der Waals surface area contributed by atoms with Crippen molar-refractivity contribution in [1.82, 2.24) is 0 Å². The first-order valence-electron chi connectivity index (χ1n) is 7.78. The minimum Gasteiger partial charge on any atom is -0.461 e. The van der Waals surface area contributed by atoms with Gasteiger partial charge in [0.15, 0.2) is 0 Å². The molecule has 2 fully saturated rings. The van der Waals surface area contributed by atoms with Crippen LogP contribution in [0.15, 0.2) is 0 Å². The second-order valence-corrected chi connectivity index (χ2v) is 8.10. The highest BCUT2D eigenvalue weighted by molar-refractivity contribution is 7.36. The van der Waals surface area contributed by atoms with Crippen LogP contribution in [0, 0.1) is 41.4 Å². The van der Waals surface area contributed by atoms with E-state index in [1.54, 1.807) is 0 Å². The van der Waals surface area contributed by atoms with E-state index in [0.29, 0.717) is 26.8 Å². The molecule has 0 amide bonds. The molecule has 0 aromatic heterocycles. The van der Waals surface area contributed by atoms with Gasteiger partial charge in [0.25, 0.3) is 0 Å². The van der Waals surface area contributed by atoms with Crippen LogP contribution in [-0.2, 0) is 9.53 Å². The molecule has 0 spiro atoms. The molecule has 6 atom stereocenters. The van der Waals surface area contributed by atoms with Gasteiger partial charge in [-0.2, -0.15) is 0 Å². The van der Waals surface area contributed by atoms with E-state index in [2.05, 4.69) is 34.4 Å². The quantitative estimate of drug-likeness (QED) is 0.563. The van der Waals surface area contributed by atoms with E-state index < -0.39 is 0 Å². The topological polar surface area (TPSA) is 26.3 Å². The summed E-state index contributed by atoms with van der Waals surface area (Å²) < 4.78 is 5.42. The maximum Gasteiger partial charge on any atom is 0.309 e. The van der Waals surface area contributed by atoms with Crippen LogP contribution in [0.25, 0.3) is 0 Å². The monoisotopic (exact) mass is 284 g/mol. The van der Waals surface area contributed by atoms with Gasteiger partial charge in [0.1, 0.15) is 6.35 Å². The van der Waals surface area contributed by atoms with Crippen LogP contribution in [0.5, 0.6) is 0 Å². The zero-order valence-electron chi connectivity index (χ0n) is 13.0. The largest absolute Gasteiger partial charge is 0.461 e. The molecule has 2 aliphatic carbocycles. The molecule has 0 aromatic carbocycles. The van der Waals surface area contributed by atoms with Crippen molar-refractivity contribution in [1.29, 1.82) is 0 Å². The Hall–Kier alpha value is -0.100. The third kappa shape index (κ3) is 2.84. The zero-order chi connectivity index (χ0) is 14.2. The molecule has 0 aromatic rings. The van der Waals surface area contributed by atoms with Crippen LogP contribution in [0.1, 0.15) is 40.5 Å². The lowest BCUT2D eigenvalue weighted by Gasteiger charge is -2.39. The lowest BCUT2D eigenvalue weighted by atomic mass is 9.66. The van der Waals surface area contributed by atoms with Crippen molar-refractivity contribution in [3.05, 3.63) is 0 Å². The summed E-state index contributed by atoms with van der Waals surface area (Å²) in [6.45, 7) is 11.4. The van der Waals surface area contributed by atoms with Crippen LogP contribution in [0.4, 0.5) is 0 Å². The van der Waals surface area contributed by atoms with E-state index in [0.717, 1.165) is 30.1 Å². The van der Waals surface area contributed by atoms with Gasteiger partial charge in [0.2, 0.25) is 0 Å². The molecule has 6 unspecified atom stereocenters. The molecule has 110 valence electrons. The van der Waals surface area contributed by atoms with Crippen LogP contribution in [0.2, 0.25) is 0 Å². The molecule has 0 aliphatic heterocycles. The number of fused-ring (bicyclic) bond motifs is 2. The summed E-state index contributed by atoms with van der Waals surface area (Å²) in [4.78, 5) is 12.2. The third-order valence-corrected chi connectivity index (χ3v) is 5.77. The first-order chi connectivity index (χ1) is 8.97. The standard InChI is InChI=1S/C16H29O2P/c1-9(2)14-11-6-12(15(14)10(3)4)13(7-11)16(17)18-8-19-5/h9-15,19H,6-8H2,1-5H3. The van der Waals surface area contributed by atoms with E-state index in [1.165, 1.54) is 6.42 Å². The number of ether oxygens (including phenoxy) is 1. The van der Waals surface area contributed by atoms with Crippen molar-refractivity contribution in [3.63, 3.8) is 0 Å². The van der Waals surface area contributed by atoms with Gasteiger partial charge in [-0.25, -0.2) is 0 Å². The fourth-order valence-electron chi connectivity index (χ4n) is 4.90. The van der Waals surface area contributed by atoms with Gasteiger partial charge in [-0.3, -0.25) is 4.79 Å². The lowest BCUT2D eigenvalue weighted by molar-refractivity contribution is -0.150. The molecule has 2 nitrogen and oxygen atoms in total. The molecule has 0 radical (unpaired) electrons. The Morgan fingerprint density at radius 1 is 1.16 bits per heavy atom. The van der Waals surface area contributed by atoms with Gasteiger partial charge >= 0.3 is 5.97 Å². The average Bonchev–Trinajstić information content (AvgIpc) is 2.92. The Morgan fingerprint density at radius 3 is 2.32 bits per heavy atom. The Balaban J connectivity index is 2.08. The van der Waals surface area contributed by atoms with E-state index in [-0.39, 0.29) is 11.9 Å². The van der Waals surface area contributed by atoms with E-state index >= 15 is 0 Å². The fraction of sp³-hybridized carbons (Fsp3) is 0.938. The molecule has 2 bridgehead atoms. The number of carbonyl (C=O) groups excluding carboxylic acids is 1. The van der Waals surface area contributed by atoms with E-state index in [9.17, 15) is 4.79 Å². The number of hydrogen-bond acceptors (Lipinski definition) is 2. The second-order valence-electron chi connectivity index (χ2n) is 7.11. The maximum absolute atomic E-state index is 12.2. The molecule has 0 saturated heterocycles. The van der Waals surface area contributed by atoms with Crippen molar-refractivity contribution in [3.8, 4) is 0 Å². The summed E-state index contributed by atoms with van der Waals surface area (Å²) >= 11 is 0. The van der Waals surface area contributed by atoms with E-state index in [1.807, 2.05) is 0 Å². The summed E-state index contributed by atoms with van der Waals surface area (Å²) in [5.74, 6) is 4.62. The van der Waals surface area contributed by atoms with Crippen LogP contribution >= 0.6 is 8.58 Å². The van der Waals surface area contributed by atoms with Crippen molar-refractivity contribution < 1.29 is 9.53 Å². The molecule has 0 heterocycles. The predicted octanol–water partition coefficient (Wildman–Crippen LogP) is 4.00. The molecular formula is C16H29O2P. The Labute approximate surface area is 119 Å². The number of esters is 1. The van der Waals surface area contributed by atoms with Gasteiger partial charge in [-0.05, 0) is 55.0 Å². The molecule has 2 saturated carbocycles. The first-order valence-corrected chi connectivity index (χ1v) is 9.49. The van der Waals surface area contributed by atoms with Crippen LogP contribution in [0.3, 0.4) is 0 Å². The maximum atomic E-state index is 12.2. The summed E-state index contributed by atoms with van der Waals surface area (Å²) in [7, 11) is 0.708. The summed E-state index contributed by atoms with van der Waals surface area (Å²) in [6.07, 6.45) is 2.97. The van der Waals surface area contributed by atoms with Crippen molar-refractivity contribution >= 4 is 14.6 Å². The Kier molecular flexibility index (Phi) is 4.93. The molecule has 0 N–H and O–H groups in total. The minimum atomic E-state index is 0.0923. The molecule has 3 heteroatoms. The molecular weight excluding hydrogens is 255 g/mol. The summed E-state index contributed by atoms with van der Waals surface area (Å²) in [6, 6.07) is 0. The Morgan fingerprint density at radius 2 is 1.79 bits per heavy atom. The normalized spacial score (nSPS) is 37.9. The minimum absolute atomic E-state index is 0.0923. The summed E-state index contributed by atoms with van der Waals surface area (Å²) in [5.41, 5.74) is 0. The molecule has 2 aliphatic rings. The number of carbonyl (C=O) groups is 1. The predicted molar refractivity (Wildman–Crippen MR) is 81.6 cm³/mol. The first kappa shape index (κ1) is 15.3. The number of hydrogen-bond donors (Lipinski definition) is 0. The third-order valence-electron chi connectivity index (χ3n) is 5.33.